The van der Waals surface area contributed by atoms with Gasteiger partial charge in [0, 0.05) is 25.1 Å². The lowest BCUT2D eigenvalue weighted by molar-refractivity contribution is -0.129. The second kappa shape index (κ2) is 6.66. The van der Waals surface area contributed by atoms with E-state index in [1.54, 1.807) is 47.7 Å². The highest BCUT2D eigenvalue weighted by atomic mass is 32.2. The van der Waals surface area contributed by atoms with E-state index in [9.17, 15) is 4.79 Å². The molecule has 2 aromatic rings. The molecule has 1 saturated heterocycles. The third-order valence-corrected chi connectivity index (χ3v) is 5.04. The zero-order valence-electron chi connectivity index (χ0n) is 12.2. The summed E-state index contributed by atoms with van der Waals surface area (Å²) in [6, 6.07) is -0.164. The van der Waals surface area contributed by atoms with Crippen LogP contribution < -0.4 is 0 Å². The van der Waals surface area contributed by atoms with Gasteiger partial charge in [0.2, 0.25) is 11.7 Å². The molecule has 0 N–H and O–H groups in total. The summed E-state index contributed by atoms with van der Waals surface area (Å²) in [5.74, 6) is 3.18. The molecule has 2 aromatic heterocycles. The number of amides is 1. The highest BCUT2D eigenvalue weighted by Crippen LogP contribution is 2.33. The van der Waals surface area contributed by atoms with Gasteiger partial charge in [0.25, 0.3) is 5.89 Å². The fourth-order valence-corrected chi connectivity index (χ4v) is 4.04. The molecule has 1 fully saturated rings. The number of hydrogen-bond acceptors (Lipinski definition) is 8. The standard InChI is InChI=1S/C13H15N5O2S2/c1-3-22-13-10(14-4-5-15-13)11-16-12(20-17-11)9-6-21-7-18(9)8(2)19/h4-5,9H,3,6-7H2,1-2H3. The fourth-order valence-electron chi connectivity index (χ4n) is 2.15. The van der Waals surface area contributed by atoms with Crippen LogP contribution in [0.15, 0.2) is 21.9 Å². The van der Waals surface area contributed by atoms with Crippen molar-refractivity contribution in [2.24, 2.45) is 0 Å². The molecule has 1 aliphatic heterocycles. The lowest BCUT2D eigenvalue weighted by atomic mass is 10.3. The Hall–Kier alpha value is -1.61. The van der Waals surface area contributed by atoms with Gasteiger partial charge in [-0.1, -0.05) is 12.1 Å². The minimum Gasteiger partial charge on any atom is -0.337 e. The number of thioether (sulfide) groups is 2. The number of carbonyl (C=O) groups is 1. The first-order valence-corrected chi connectivity index (χ1v) is 8.97. The van der Waals surface area contributed by atoms with Crippen molar-refractivity contribution < 1.29 is 9.32 Å². The van der Waals surface area contributed by atoms with Crippen LogP contribution in [-0.2, 0) is 4.79 Å². The molecular weight excluding hydrogens is 322 g/mol. The normalized spacial score (nSPS) is 17.9. The number of carbonyl (C=O) groups excluding carboxylic acids is 1. The molecule has 3 heterocycles. The molecule has 0 bridgehead atoms. The molecule has 22 heavy (non-hydrogen) atoms. The van der Waals surface area contributed by atoms with Crippen molar-refractivity contribution in [3.05, 3.63) is 18.3 Å². The summed E-state index contributed by atoms with van der Waals surface area (Å²) >= 11 is 3.25. The van der Waals surface area contributed by atoms with Crippen molar-refractivity contribution in [1.29, 1.82) is 0 Å². The van der Waals surface area contributed by atoms with Crippen LogP contribution in [0.3, 0.4) is 0 Å². The topological polar surface area (TPSA) is 85.0 Å². The summed E-state index contributed by atoms with van der Waals surface area (Å²) in [4.78, 5) is 26.4. The van der Waals surface area contributed by atoms with Gasteiger partial charge >= 0.3 is 0 Å². The Kier molecular flexibility index (Phi) is 4.63. The first kappa shape index (κ1) is 15.3. The zero-order valence-corrected chi connectivity index (χ0v) is 13.9. The summed E-state index contributed by atoms with van der Waals surface area (Å²) in [6.45, 7) is 3.60. The van der Waals surface area contributed by atoms with E-state index in [-0.39, 0.29) is 11.9 Å². The monoisotopic (exact) mass is 337 g/mol. The molecule has 3 rings (SSSR count). The number of hydrogen-bond donors (Lipinski definition) is 0. The smallest absolute Gasteiger partial charge is 0.250 e. The first-order chi connectivity index (χ1) is 10.7. The van der Waals surface area contributed by atoms with E-state index < -0.39 is 0 Å². The Labute approximate surface area is 136 Å². The maximum absolute atomic E-state index is 11.6. The molecule has 0 aliphatic carbocycles. The highest BCUT2D eigenvalue weighted by molar-refractivity contribution is 7.99. The van der Waals surface area contributed by atoms with Crippen LogP contribution in [0.5, 0.6) is 0 Å². The van der Waals surface area contributed by atoms with Crippen LogP contribution in [0.4, 0.5) is 0 Å². The first-order valence-electron chi connectivity index (χ1n) is 6.83. The van der Waals surface area contributed by atoms with E-state index in [0.29, 0.717) is 23.3 Å². The van der Waals surface area contributed by atoms with E-state index in [1.165, 1.54) is 0 Å². The Morgan fingerprint density at radius 2 is 2.32 bits per heavy atom. The molecule has 0 spiro atoms. The predicted molar refractivity (Wildman–Crippen MR) is 84.3 cm³/mol. The Morgan fingerprint density at radius 1 is 1.50 bits per heavy atom. The Balaban J connectivity index is 1.90. The minimum absolute atomic E-state index is 0.0106. The Bertz CT molecular complexity index is 678. The predicted octanol–water partition coefficient (Wildman–Crippen LogP) is 2.23. The van der Waals surface area contributed by atoms with Crippen LogP contribution in [0.2, 0.25) is 0 Å². The van der Waals surface area contributed by atoms with Crippen molar-refractivity contribution in [3.63, 3.8) is 0 Å². The lowest BCUT2D eigenvalue weighted by Gasteiger charge is -2.18. The lowest BCUT2D eigenvalue weighted by Crippen LogP contribution is -2.28. The minimum atomic E-state index is -0.164. The molecule has 116 valence electrons. The third-order valence-electron chi connectivity index (χ3n) is 3.17. The summed E-state index contributed by atoms with van der Waals surface area (Å²) in [6.07, 6.45) is 3.26. The summed E-state index contributed by atoms with van der Waals surface area (Å²) in [5.41, 5.74) is 0.615. The molecule has 9 heteroatoms. The molecule has 7 nitrogen and oxygen atoms in total. The van der Waals surface area contributed by atoms with Gasteiger partial charge in [-0.05, 0) is 5.75 Å². The van der Waals surface area contributed by atoms with Crippen LogP contribution in [0, 0.1) is 0 Å². The molecule has 1 amide bonds. The largest absolute Gasteiger partial charge is 0.337 e. The van der Waals surface area contributed by atoms with Crippen LogP contribution in [0.1, 0.15) is 25.8 Å². The van der Waals surface area contributed by atoms with Gasteiger partial charge in [-0.25, -0.2) is 9.97 Å². The van der Waals surface area contributed by atoms with E-state index in [0.717, 1.165) is 16.5 Å². The summed E-state index contributed by atoms with van der Waals surface area (Å²) in [5, 5.41) is 4.80. The van der Waals surface area contributed by atoms with Gasteiger partial charge in [-0.3, -0.25) is 4.79 Å². The van der Waals surface area contributed by atoms with Gasteiger partial charge < -0.3 is 9.42 Å². The van der Waals surface area contributed by atoms with Crippen LogP contribution in [-0.4, -0.2) is 48.3 Å². The van der Waals surface area contributed by atoms with Gasteiger partial charge in [-0.15, -0.1) is 23.5 Å². The zero-order chi connectivity index (χ0) is 15.5. The van der Waals surface area contributed by atoms with Crippen LogP contribution in [0.25, 0.3) is 11.5 Å². The summed E-state index contributed by atoms with van der Waals surface area (Å²) < 4.78 is 5.37. The maximum Gasteiger partial charge on any atom is 0.250 e. The van der Waals surface area contributed by atoms with Gasteiger partial charge in [0.05, 0.1) is 5.88 Å². The maximum atomic E-state index is 11.6. The van der Waals surface area contributed by atoms with Crippen molar-refractivity contribution >= 4 is 29.4 Å². The van der Waals surface area contributed by atoms with Crippen LogP contribution >= 0.6 is 23.5 Å². The van der Waals surface area contributed by atoms with Crippen molar-refractivity contribution in [2.45, 2.75) is 24.9 Å². The van der Waals surface area contributed by atoms with E-state index in [2.05, 4.69) is 20.1 Å². The molecule has 1 atom stereocenters. The van der Waals surface area contributed by atoms with E-state index in [4.69, 9.17) is 4.52 Å². The molecule has 1 unspecified atom stereocenters. The van der Waals surface area contributed by atoms with E-state index in [1.807, 2.05) is 6.92 Å². The van der Waals surface area contributed by atoms with Gasteiger partial charge in [0.1, 0.15) is 16.8 Å². The van der Waals surface area contributed by atoms with Gasteiger partial charge in [0.15, 0.2) is 0 Å². The molecule has 0 radical (unpaired) electrons. The molecule has 1 aliphatic rings. The quantitative estimate of drug-likeness (QED) is 0.785. The molecule has 0 aromatic carbocycles. The highest BCUT2D eigenvalue weighted by Gasteiger charge is 2.33. The molecule has 0 saturated carbocycles. The SMILES string of the molecule is CCSc1nccnc1-c1noc(C2CSCN2C(C)=O)n1. The Morgan fingerprint density at radius 3 is 3.09 bits per heavy atom. The second-order valence-corrected chi connectivity index (χ2v) is 6.86. The van der Waals surface area contributed by atoms with Crippen molar-refractivity contribution in [1.82, 2.24) is 25.0 Å². The average Bonchev–Trinajstić information content (AvgIpc) is 3.17. The number of nitrogens with zero attached hydrogens (tertiary/aromatic N) is 5. The number of aromatic nitrogens is 4. The summed E-state index contributed by atoms with van der Waals surface area (Å²) in [7, 11) is 0. The van der Waals surface area contributed by atoms with Gasteiger partial charge in [-0.2, -0.15) is 4.98 Å². The second-order valence-electron chi connectivity index (χ2n) is 4.60. The average molecular weight is 337 g/mol. The molecular formula is C13H15N5O2S2. The number of rotatable bonds is 4. The van der Waals surface area contributed by atoms with Crippen molar-refractivity contribution in [2.75, 3.05) is 17.4 Å². The van der Waals surface area contributed by atoms with E-state index >= 15 is 0 Å². The third kappa shape index (κ3) is 2.95. The fraction of sp³-hybridized carbons (Fsp3) is 0.462. The van der Waals surface area contributed by atoms with Crippen molar-refractivity contribution in [3.8, 4) is 11.5 Å².